The first-order chi connectivity index (χ1) is 13.6. The molecule has 7 heteroatoms. The monoisotopic (exact) mass is 397 g/mol. The Morgan fingerprint density at radius 3 is 2.89 bits per heavy atom. The van der Waals surface area contributed by atoms with Crippen molar-refractivity contribution in [1.29, 1.82) is 0 Å². The summed E-state index contributed by atoms with van der Waals surface area (Å²) >= 11 is 6.05. The SMILES string of the molecule is O=C(c1cccc(Cl)c1)N(Cc1nc2ccccc2c(=O)[nH]1)C[C@@H]1CCCO1. The summed E-state index contributed by atoms with van der Waals surface area (Å²) in [6.45, 7) is 1.32. The van der Waals surface area contributed by atoms with Crippen LogP contribution in [0.25, 0.3) is 10.9 Å². The summed E-state index contributed by atoms with van der Waals surface area (Å²) in [5, 5.41) is 1.03. The number of carbonyl (C=O) groups excluding carboxylic acids is 1. The molecule has 6 nitrogen and oxygen atoms in total. The molecule has 144 valence electrons. The standard InChI is InChI=1S/C21H20ClN3O3/c22-15-6-3-5-14(11-15)21(27)25(12-16-7-4-10-28-16)13-19-23-18-9-2-1-8-17(18)20(26)24-19/h1-3,5-6,8-9,11,16H,4,7,10,12-13H2,(H,23,24,26)/t16-/m0/s1. The van der Waals surface area contributed by atoms with E-state index in [0.717, 1.165) is 12.8 Å². The largest absolute Gasteiger partial charge is 0.376 e. The van der Waals surface area contributed by atoms with Crippen molar-refractivity contribution in [2.24, 2.45) is 0 Å². The maximum atomic E-state index is 13.1. The fourth-order valence-corrected chi connectivity index (χ4v) is 3.64. The van der Waals surface area contributed by atoms with Crippen LogP contribution in [0.2, 0.25) is 5.02 Å². The average Bonchev–Trinajstić information content (AvgIpc) is 3.20. The molecule has 3 aromatic rings. The van der Waals surface area contributed by atoms with Gasteiger partial charge in [0.2, 0.25) is 0 Å². The average molecular weight is 398 g/mol. The molecule has 0 radical (unpaired) electrons. The van der Waals surface area contributed by atoms with Crippen LogP contribution in [0.4, 0.5) is 0 Å². The Morgan fingerprint density at radius 1 is 1.25 bits per heavy atom. The molecule has 1 aliphatic rings. The summed E-state index contributed by atoms with van der Waals surface area (Å²) in [4.78, 5) is 34.5. The quantitative estimate of drug-likeness (QED) is 0.716. The van der Waals surface area contributed by atoms with Crippen molar-refractivity contribution in [1.82, 2.24) is 14.9 Å². The number of hydrogen-bond donors (Lipinski definition) is 1. The topological polar surface area (TPSA) is 75.3 Å². The second kappa shape index (κ2) is 8.12. The van der Waals surface area contributed by atoms with Crippen LogP contribution in [-0.2, 0) is 11.3 Å². The fourth-order valence-electron chi connectivity index (χ4n) is 3.45. The summed E-state index contributed by atoms with van der Waals surface area (Å²) in [6.07, 6.45) is 1.87. The molecule has 1 aromatic heterocycles. The number of nitrogens with one attached hydrogen (secondary N) is 1. The van der Waals surface area contributed by atoms with Crippen molar-refractivity contribution in [3.8, 4) is 0 Å². The molecular formula is C21H20ClN3O3. The lowest BCUT2D eigenvalue weighted by molar-refractivity contribution is 0.0501. The molecule has 1 N–H and O–H groups in total. The molecule has 0 bridgehead atoms. The third-order valence-electron chi connectivity index (χ3n) is 4.81. The lowest BCUT2D eigenvalue weighted by atomic mass is 10.1. The van der Waals surface area contributed by atoms with E-state index in [2.05, 4.69) is 9.97 Å². The fraction of sp³-hybridized carbons (Fsp3) is 0.286. The van der Waals surface area contributed by atoms with Gasteiger partial charge in [0.05, 0.1) is 23.6 Å². The van der Waals surface area contributed by atoms with E-state index in [4.69, 9.17) is 16.3 Å². The Kier molecular flexibility index (Phi) is 5.41. The van der Waals surface area contributed by atoms with Crippen molar-refractivity contribution in [3.05, 3.63) is 75.3 Å². The van der Waals surface area contributed by atoms with Gasteiger partial charge >= 0.3 is 0 Å². The molecule has 4 rings (SSSR count). The van der Waals surface area contributed by atoms with E-state index >= 15 is 0 Å². The molecular weight excluding hydrogens is 378 g/mol. The van der Waals surface area contributed by atoms with Crippen molar-refractivity contribution in [2.45, 2.75) is 25.5 Å². The summed E-state index contributed by atoms with van der Waals surface area (Å²) in [7, 11) is 0. The van der Waals surface area contributed by atoms with Crippen molar-refractivity contribution < 1.29 is 9.53 Å². The lowest BCUT2D eigenvalue weighted by Gasteiger charge is -2.25. The van der Waals surface area contributed by atoms with Gasteiger partial charge in [0, 0.05) is 23.7 Å². The number of halogens is 1. The van der Waals surface area contributed by atoms with Gasteiger partial charge in [-0.05, 0) is 43.2 Å². The van der Waals surface area contributed by atoms with Crippen LogP contribution < -0.4 is 5.56 Å². The highest BCUT2D eigenvalue weighted by Crippen LogP contribution is 2.18. The third-order valence-corrected chi connectivity index (χ3v) is 5.04. The van der Waals surface area contributed by atoms with Crippen LogP contribution in [0.1, 0.15) is 29.0 Å². The van der Waals surface area contributed by atoms with Gasteiger partial charge in [-0.2, -0.15) is 0 Å². The number of carbonyl (C=O) groups is 1. The van der Waals surface area contributed by atoms with Gasteiger partial charge in [0.25, 0.3) is 11.5 Å². The van der Waals surface area contributed by atoms with E-state index in [1.54, 1.807) is 47.4 Å². The van der Waals surface area contributed by atoms with Gasteiger partial charge in [-0.1, -0.05) is 29.8 Å². The van der Waals surface area contributed by atoms with Crippen molar-refractivity contribution in [2.75, 3.05) is 13.2 Å². The van der Waals surface area contributed by atoms with Crippen LogP contribution in [-0.4, -0.2) is 40.0 Å². The number of hydrogen-bond acceptors (Lipinski definition) is 4. The number of aromatic amines is 1. The first kappa shape index (κ1) is 18.7. The van der Waals surface area contributed by atoms with Gasteiger partial charge in [-0.3, -0.25) is 9.59 Å². The number of benzene rings is 2. The highest BCUT2D eigenvalue weighted by molar-refractivity contribution is 6.30. The predicted octanol–water partition coefficient (Wildman–Crippen LogP) is 3.40. The van der Waals surface area contributed by atoms with Crippen LogP contribution in [0.3, 0.4) is 0 Å². The zero-order chi connectivity index (χ0) is 19.5. The van der Waals surface area contributed by atoms with E-state index < -0.39 is 0 Å². The Balaban J connectivity index is 1.65. The molecule has 1 aliphatic heterocycles. The molecule has 28 heavy (non-hydrogen) atoms. The van der Waals surface area contributed by atoms with Crippen molar-refractivity contribution in [3.63, 3.8) is 0 Å². The summed E-state index contributed by atoms with van der Waals surface area (Å²) < 4.78 is 5.71. The molecule has 1 fully saturated rings. The number of H-pyrrole nitrogens is 1. The molecule has 0 saturated carbocycles. The predicted molar refractivity (Wildman–Crippen MR) is 108 cm³/mol. The maximum absolute atomic E-state index is 13.1. The third kappa shape index (κ3) is 4.08. The maximum Gasteiger partial charge on any atom is 0.258 e. The van der Waals surface area contributed by atoms with Crippen LogP contribution in [0.5, 0.6) is 0 Å². The van der Waals surface area contributed by atoms with E-state index in [-0.39, 0.29) is 24.1 Å². The van der Waals surface area contributed by atoms with Gasteiger partial charge < -0.3 is 14.6 Å². The number of ether oxygens (including phenoxy) is 1. The van der Waals surface area contributed by atoms with Gasteiger partial charge in [0.15, 0.2) is 0 Å². The second-order valence-corrected chi connectivity index (χ2v) is 7.30. The Bertz CT molecular complexity index is 1060. The normalized spacial score (nSPS) is 16.4. The highest BCUT2D eigenvalue weighted by atomic mass is 35.5. The minimum Gasteiger partial charge on any atom is -0.376 e. The van der Waals surface area contributed by atoms with Crippen molar-refractivity contribution >= 4 is 28.4 Å². The van der Waals surface area contributed by atoms with E-state index in [1.807, 2.05) is 6.07 Å². The molecule has 1 atom stereocenters. The lowest BCUT2D eigenvalue weighted by Crippen LogP contribution is -2.37. The van der Waals surface area contributed by atoms with E-state index in [0.29, 0.717) is 40.5 Å². The number of aromatic nitrogens is 2. The Hall–Kier alpha value is -2.70. The second-order valence-electron chi connectivity index (χ2n) is 6.86. The van der Waals surface area contributed by atoms with E-state index in [1.165, 1.54) is 0 Å². The van der Waals surface area contributed by atoms with Gasteiger partial charge in [0.1, 0.15) is 5.82 Å². The zero-order valence-electron chi connectivity index (χ0n) is 15.2. The smallest absolute Gasteiger partial charge is 0.258 e. The molecule has 0 spiro atoms. The summed E-state index contributed by atoms with van der Waals surface area (Å²) in [5.41, 5.74) is 0.884. The zero-order valence-corrected chi connectivity index (χ0v) is 16.0. The number of amides is 1. The van der Waals surface area contributed by atoms with Crippen LogP contribution in [0, 0.1) is 0 Å². The number of rotatable bonds is 5. The number of fused-ring (bicyclic) bond motifs is 1. The first-order valence-corrected chi connectivity index (χ1v) is 9.62. The van der Waals surface area contributed by atoms with Gasteiger partial charge in [-0.25, -0.2) is 4.98 Å². The first-order valence-electron chi connectivity index (χ1n) is 9.24. The van der Waals surface area contributed by atoms with Gasteiger partial charge in [-0.15, -0.1) is 0 Å². The molecule has 1 saturated heterocycles. The number of nitrogens with zero attached hydrogens (tertiary/aromatic N) is 2. The van der Waals surface area contributed by atoms with Crippen LogP contribution >= 0.6 is 11.6 Å². The number of para-hydroxylation sites is 1. The molecule has 2 aromatic carbocycles. The molecule has 0 unspecified atom stereocenters. The minimum atomic E-state index is -0.215. The van der Waals surface area contributed by atoms with E-state index in [9.17, 15) is 9.59 Å². The molecule has 2 heterocycles. The summed E-state index contributed by atoms with van der Waals surface area (Å²) in [6, 6.07) is 14.0. The molecule has 1 amide bonds. The summed E-state index contributed by atoms with van der Waals surface area (Å²) in [5.74, 6) is 0.269. The van der Waals surface area contributed by atoms with Crippen LogP contribution in [0.15, 0.2) is 53.3 Å². The molecule has 0 aliphatic carbocycles. The minimum absolute atomic E-state index is 0.0182. The Morgan fingerprint density at radius 2 is 2.11 bits per heavy atom. The Labute approximate surface area is 167 Å². The highest BCUT2D eigenvalue weighted by Gasteiger charge is 2.24.